The lowest BCUT2D eigenvalue weighted by molar-refractivity contribution is 0.168. The van der Waals surface area contributed by atoms with Gasteiger partial charge >= 0.3 is 0 Å². The fourth-order valence-corrected chi connectivity index (χ4v) is 2.33. The smallest absolute Gasteiger partial charge is 0.106 e. The molecule has 1 heterocycles. The number of thioether (sulfide) groups is 1. The van der Waals surface area contributed by atoms with Crippen molar-refractivity contribution in [1.82, 2.24) is 0 Å². The van der Waals surface area contributed by atoms with E-state index in [0.29, 0.717) is 6.42 Å². The van der Waals surface area contributed by atoms with Gasteiger partial charge in [-0.05, 0) is 30.0 Å². The molecule has 1 atom stereocenters. The Morgan fingerprint density at radius 1 is 1.25 bits per heavy atom. The second kappa shape index (κ2) is 5.23. The summed E-state index contributed by atoms with van der Waals surface area (Å²) in [4.78, 5) is 1.11. The van der Waals surface area contributed by atoms with Crippen molar-refractivity contribution >= 4 is 11.8 Å². The van der Waals surface area contributed by atoms with Crippen molar-refractivity contribution in [3.8, 4) is 0 Å². The van der Waals surface area contributed by atoms with Crippen molar-refractivity contribution in [2.75, 3.05) is 6.26 Å². The Morgan fingerprint density at radius 3 is 2.75 bits per heavy atom. The first kappa shape index (κ1) is 11.3. The Bertz CT molecular complexity index is 437. The van der Waals surface area contributed by atoms with E-state index < -0.39 is 6.10 Å². The first-order valence-electron chi connectivity index (χ1n) is 5.14. The average Bonchev–Trinajstić information content (AvgIpc) is 2.81. The maximum Gasteiger partial charge on any atom is 0.106 e. The van der Waals surface area contributed by atoms with Crippen molar-refractivity contribution < 1.29 is 9.52 Å². The monoisotopic (exact) mass is 234 g/mol. The van der Waals surface area contributed by atoms with Crippen LogP contribution < -0.4 is 0 Å². The number of hydrogen-bond acceptors (Lipinski definition) is 3. The van der Waals surface area contributed by atoms with Gasteiger partial charge in [-0.2, -0.15) is 0 Å². The van der Waals surface area contributed by atoms with Gasteiger partial charge in [0.05, 0.1) is 12.4 Å². The second-order valence-electron chi connectivity index (χ2n) is 3.54. The van der Waals surface area contributed by atoms with Gasteiger partial charge in [-0.15, -0.1) is 11.8 Å². The normalized spacial score (nSPS) is 12.6. The minimum Gasteiger partial charge on any atom is -0.469 e. The molecule has 0 saturated heterocycles. The van der Waals surface area contributed by atoms with Gasteiger partial charge in [0.15, 0.2) is 0 Å². The summed E-state index contributed by atoms with van der Waals surface area (Å²) in [6, 6.07) is 11.6. The quantitative estimate of drug-likeness (QED) is 0.824. The number of aliphatic hydroxyl groups is 1. The predicted molar refractivity (Wildman–Crippen MR) is 65.6 cm³/mol. The van der Waals surface area contributed by atoms with Gasteiger partial charge < -0.3 is 9.52 Å². The van der Waals surface area contributed by atoms with Crippen LogP contribution in [0, 0.1) is 0 Å². The third kappa shape index (κ3) is 2.49. The zero-order valence-electron chi connectivity index (χ0n) is 9.09. The Hall–Kier alpha value is -1.19. The van der Waals surface area contributed by atoms with Crippen molar-refractivity contribution in [3.63, 3.8) is 0 Å². The summed E-state index contributed by atoms with van der Waals surface area (Å²) in [7, 11) is 0. The number of benzene rings is 1. The van der Waals surface area contributed by atoms with Crippen LogP contribution in [0.4, 0.5) is 0 Å². The Kier molecular flexibility index (Phi) is 3.70. The minimum atomic E-state index is -0.505. The van der Waals surface area contributed by atoms with Gasteiger partial charge in [-0.3, -0.25) is 0 Å². The lowest BCUT2D eigenvalue weighted by atomic mass is 10.1. The van der Waals surface area contributed by atoms with Crippen LogP contribution >= 0.6 is 11.8 Å². The second-order valence-corrected chi connectivity index (χ2v) is 4.39. The van der Waals surface area contributed by atoms with E-state index in [2.05, 4.69) is 0 Å². The molecular formula is C13H14O2S. The summed E-state index contributed by atoms with van der Waals surface area (Å²) in [6.07, 6.45) is 3.65. The lowest BCUT2D eigenvalue weighted by Crippen LogP contribution is -2.02. The van der Waals surface area contributed by atoms with Crippen LogP contribution in [0.25, 0.3) is 0 Å². The molecule has 1 unspecified atom stereocenters. The largest absolute Gasteiger partial charge is 0.469 e. The first-order chi connectivity index (χ1) is 7.81. The molecule has 2 aromatic rings. The molecule has 84 valence electrons. The van der Waals surface area contributed by atoms with E-state index in [9.17, 15) is 5.11 Å². The molecule has 2 rings (SSSR count). The number of aliphatic hydroxyl groups excluding tert-OH is 1. The number of furan rings is 1. The average molecular weight is 234 g/mol. The van der Waals surface area contributed by atoms with E-state index in [4.69, 9.17) is 4.42 Å². The molecule has 3 heteroatoms. The molecule has 0 fully saturated rings. The molecule has 1 N–H and O–H groups in total. The zero-order chi connectivity index (χ0) is 11.4. The summed E-state index contributed by atoms with van der Waals surface area (Å²) in [5.74, 6) is 0.809. The van der Waals surface area contributed by atoms with Crippen LogP contribution in [0.3, 0.4) is 0 Å². The Morgan fingerprint density at radius 2 is 2.06 bits per heavy atom. The summed E-state index contributed by atoms with van der Waals surface area (Å²) in [5.41, 5.74) is 0.964. The van der Waals surface area contributed by atoms with E-state index in [1.54, 1.807) is 18.0 Å². The first-order valence-corrected chi connectivity index (χ1v) is 6.37. The molecule has 16 heavy (non-hydrogen) atoms. The molecule has 0 aliphatic carbocycles. The lowest BCUT2D eigenvalue weighted by Gasteiger charge is -2.12. The highest BCUT2D eigenvalue weighted by Gasteiger charge is 2.13. The topological polar surface area (TPSA) is 33.4 Å². The van der Waals surface area contributed by atoms with Gasteiger partial charge in [0, 0.05) is 11.3 Å². The molecule has 0 spiro atoms. The molecule has 0 saturated carbocycles. The SMILES string of the molecule is CSc1ccccc1C(O)Cc1ccco1. The van der Waals surface area contributed by atoms with E-state index >= 15 is 0 Å². The highest BCUT2D eigenvalue weighted by Crippen LogP contribution is 2.27. The highest BCUT2D eigenvalue weighted by atomic mass is 32.2. The molecule has 0 amide bonds. The fourth-order valence-electron chi connectivity index (χ4n) is 1.67. The van der Waals surface area contributed by atoms with Crippen molar-refractivity contribution in [3.05, 3.63) is 54.0 Å². The van der Waals surface area contributed by atoms with Gasteiger partial charge in [-0.25, -0.2) is 0 Å². The van der Waals surface area contributed by atoms with E-state index in [0.717, 1.165) is 16.2 Å². The molecule has 2 nitrogen and oxygen atoms in total. The van der Waals surface area contributed by atoms with Crippen molar-refractivity contribution in [2.45, 2.75) is 17.4 Å². The van der Waals surface area contributed by atoms with Crippen molar-refractivity contribution in [1.29, 1.82) is 0 Å². The van der Waals surface area contributed by atoms with E-state index in [1.165, 1.54) is 0 Å². The van der Waals surface area contributed by atoms with E-state index in [-0.39, 0.29) is 0 Å². The maximum absolute atomic E-state index is 10.1. The molecule has 1 aromatic carbocycles. The molecule has 1 aromatic heterocycles. The van der Waals surface area contributed by atoms with Crippen LogP contribution in [0.5, 0.6) is 0 Å². The zero-order valence-corrected chi connectivity index (χ0v) is 9.91. The number of hydrogen-bond donors (Lipinski definition) is 1. The third-order valence-electron chi connectivity index (χ3n) is 2.47. The molecule has 0 aliphatic rings. The van der Waals surface area contributed by atoms with Gasteiger partial charge in [0.2, 0.25) is 0 Å². The molecule has 0 radical (unpaired) electrons. The summed E-state index contributed by atoms with van der Waals surface area (Å²) in [5, 5.41) is 10.1. The summed E-state index contributed by atoms with van der Waals surface area (Å²) >= 11 is 1.65. The van der Waals surface area contributed by atoms with Gasteiger partial charge in [0.1, 0.15) is 5.76 Å². The third-order valence-corrected chi connectivity index (χ3v) is 3.28. The van der Waals surface area contributed by atoms with Crippen LogP contribution in [0.1, 0.15) is 17.4 Å². The van der Waals surface area contributed by atoms with Crippen LogP contribution in [-0.4, -0.2) is 11.4 Å². The molecular weight excluding hydrogens is 220 g/mol. The van der Waals surface area contributed by atoms with Crippen molar-refractivity contribution in [2.24, 2.45) is 0 Å². The molecule has 0 bridgehead atoms. The predicted octanol–water partition coefficient (Wildman–Crippen LogP) is 3.28. The van der Waals surface area contributed by atoms with Gasteiger partial charge in [-0.1, -0.05) is 18.2 Å². The number of rotatable bonds is 4. The van der Waals surface area contributed by atoms with Crippen LogP contribution in [-0.2, 0) is 6.42 Å². The Balaban J connectivity index is 2.17. The highest BCUT2D eigenvalue weighted by molar-refractivity contribution is 7.98. The standard InChI is InChI=1S/C13H14O2S/c1-16-13-7-3-2-6-11(13)12(14)9-10-5-4-8-15-10/h2-8,12,14H,9H2,1H3. The summed E-state index contributed by atoms with van der Waals surface area (Å²) < 4.78 is 5.23. The van der Waals surface area contributed by atoms with Crippen LogP contribution in [0.15, 0.2) is 52.0 Å². The summed E-state index contributed by atoms with van der Waals surface area (Å²) in [6.45, 7) is 0. The minimum absolute atomic E-state index is 0.505. The van der Waals surface area contributed by atoms with E-state index in [1.807, 2.05) is 42.7 Å². The molecule has 0 aliphatic heterocycles. The maximum atomic E-state index is 10.1. The fraction of sp³-hybridized carbons (Fsp3) is 0.231. The van der Waals surface area contributed by atoms with Crippen LogP contribution in [0.2, 0.25) is 0 Å². The Labute approximate surface area is 99.3 Å². The van der Waals surface area contributed by atoms with Gasteiger partial charge in [0.25, 0.3) is 0 Å².